The standard InChI is InChI=1S/C13H16ClNO2/c1-9(2)7-12(16)15-13(17)8-10-3-5-11(14)6-4-10/h3-6,9H,7-8H2,1-2H3,(H,15,16,17). The van der Waals surface area contributed by atoms with Crippen molar-refractivity contribution in [3.05, 3.63) is 34.9 Å². The molecule has 1 N–H and O–H groups in total. The Morgan fingerprint density at radius 1 is 1.18 bits per heavy atom. The van der Waals surface area contributed by atoms with Gasteiger partial charge in [0.15, 0.2) is 0 Å². The van der Waals surface area contributed by atoms with E-state index >= 15 is 0 Å². The molecular formula is C13H16ClNO2. The van der Waals surface area contributed by atoms with Gasteiger partial charge in [-0.05, 0) is 23.6 Å². The molecular weight excluding hydrogens is 238 g/mol. The number of hydrogen-bond acceptors (Lipinski definition) is 2. The van der Waals surface area contributed by atoms with Crippen molar-refractivity contribution in [2.75, 3.05) is 0 Å². The number of imide groups is 1. The first-order chi connectivity index (χ1) is 7.97. The molecule has 0 aliphatic rings. The summed E-state index contributed by atoms with van der Waals surface area (Å²) in [6.45, 7) is 3.87. The normalized spacial score (nSPS) is 10.4. The second kappa shape index (κ2) is 6.40. The largest absolute Gasteiger partial charge is 0.296 e. The predicted octanol–water partition coefficient (Wildman–Crippen LogP) is 2.57. The van der Waals surface area contributed by atoms with Gasteiger partial charge in [0, 0.05) is 11.4 Å². The number of carbonyl (C=O) groups excluding carboxylic acids is 2. The van der Waals surface area contributed by atoms with Crippen LogP contribution >= 0.6 is 11.6 Å². The average molecular weight is 254 g/mol. The quantitative estimate of drug-likeness (QED) is 0.897. The number of hydrogen-bond donors (Lipinski definition) is 1. The number of nitrogens with one attached hydrogen (secondary N) is 1. The SMILES string of the molecule is CC(C)CC(=O)NC(=O)Cc1ccc(Cl)cc1. The van der Waals surface area contributed by atoms with Crippen LogP contribution in [0.5, 0.6) is 0 Å². The minimum atomic E-state index is -0.280. The Morgan fingerprint density at radius 3 is 2.29 bits per heavy atom. The highest BCUT2D eigenvalue weighted by Gasteiger charge is 2.09. The van der Waals surface area contributed by atoms with Crippen molar-refractivity contribution in [1.29, 1.82) is 0 Å². The lowest BCUT2D eigenvalue weighted by molar-refractivity contribution is -0.130. The summed E-state index contributed by atoms with van der Waals surface area (Å²) in [5.74, 6) is -0.254. The van der Waals surface area contributed by atoms with Gasteiger partial charge in [0.05, 0.1) is 6.42 Å². The van der Waals surface area contributed by atoms with Crippen LogP contribution in [0, 0.1) is 5.92 Å². The Kier molecular flexibility index (Phi) is 5.16. The van der Waals surface area contributed by atoms with Crippen LogP contribution in [-0.4, -0.2) is 11.8 Å². The van der Waals surface area contributed by atoms with Gasteiger partial charge < -0.3 is 0 Å². The molecule has 0 spiro atoms. The van der Waals surface area contributed by atoms with E-state index in [2.05, 4.69) is 5.32 Å². The molecule has 0 aliphatic heterocycles. The highest BCUT2D eigenvalue weighted by molar-refractivity contribution is 6.30. The van der Waals surface area contributed by atoms with Crippen LogP contribution in [0.25, 0.3) is 0 Å². The van der Waals surface area contributed by atoms with Crippen LogP contribution in [0.2, 0.25) is 5.02 Å². The third-order valence-corrected chi connectivity index (χ3v) is 2.40. The van der Waals surface area contributed by atoms with E-state index < -0.39 is 0 Å². The zero-order valence-electron chi connectivity index (χ0n) is 10.00. The van der Waals surface area contributed by atoms with Gasteiger partial charge in [0.2, 0.25) is 11.8 Å². The zero-order valence-corrected chi connectivity index (χ0v) is 10.8. The van der Waals surface area contributed by atoms with Gasteiger partial charge in [-0.2, -0.15) is 0 Å². The average Bonchev–Trinajstić information content (AvgIpc) is 2.19. The number of rotatable bonds is 4. The van der Waals surface area contributed by atoms with Crippen molar-refractivity contribution in [3.63, 3.8) is 0 Å². The molecule has 1 rings (SSSR count). The summed E-state index contributed by atoms with van der Waals surface area (Å²) in [4.78, 5) is 22.9. The molecule has 0 aromatic heterocycles. The Balaban J connectivity index is 2.44. The van der Waals surface area contributed by atoms with Crippen molar-refractivity contribution < 1.29 is 9.59 Å². The summed E-state index contributed by atoms with van der Waals surface area (Å²) < 4.78 is 0. The fourth-order valence-corrected chi connectivity index (χ4v) is 1.54. The fourth-order valence-electron chi connectivity index (χ4n) is 1.41. The summed E-state index contributed by atoms with van der Waals surface area (Å²) >= 11 is 5.74. The number of halogens is 1. The number of benzene rings is 1. The Morgan fingerprint density at radius 2 is 1.76 bits per heavy atom. The minimum absolute atomic E-state index is 0.195. The van der Waals surface area contributed by atoms with Crippen LogP contribution in [0.1, 0.15) is 25.8 Å². The second-order valence-electron chi connectivity index (χ2n) is 4.37. The van der Waals surface area contributed by atoms with Gasteiger partial charge in [0.1, 0.15) is 0 Å². The van der Waals surface area contributed by atoms with Crippen molar-refractivity contribution in [3.8, 4) is 0 Å². The van der Waals surface area contributed by atoms with E-state index in [-0.39, 0.29) is 24.2 Å². The van der Waals surface area contributed by atoms with Crippen LogP contribution in [-0.2, 0) is 16.0 Å². The molecule has 0 bridgehead atoms. The van der Waals surface area contributed by atoms with E-state index in [0.717, 1.165) is 5.56 Å². The first-order valence-electron chi connectivity index (χ1n) is 5.54. The highest BCUT2D eigenvalue weighted by atomic mass is 35.5. The number of carbonyl (C=O) groups is 2. The summed E-state index contributed by atoms with van der Waals surface area (Å²) in [7, 11) is 0. The molecule has 1 aromatic rings. The van der Waals surface area contributed by atoms with Gasteiger partial charge in [0.25, 0.3) is 0 Å². The molecule has 0 heterocycles. The van der Waals surface area contributed by atoms with Crippen LogP contribution in [0.4, 0.5) is 0 Å². The van der Waals surface area contributed by atoms with Crippen molar-refractivity contribution in [2.45, 2.75) is 26.7 Å². The van der Waals surface area contributed by atoms with E-state index in [1.165, 1.54) is 0 Å². The summed E-state index contributed by atoms with van der Waals surface area (Å²) in [6.07, 6.45) is 0.563. The molecule has 0 saturated heterocycles. The van der Waals surface area contributed by atoms with Gasteiger partial charge in [-0.15, -0.1) is 0 Å². The molecule has 0 atom stereocenters. The zero-order chi connectivity index (χ0) is 12.8. The minimum Gasteiger partial charge on any atom is -0.296 e. The maximum Gasteiger partial charge on any atom is 0.230 e. The first kappa shape index (κ1) is 13.7. The molecule has 0 saturated carbocycles. The molecule has 0 unspecified atom stereocenters. The van der Waals surface area contributed by atoms with Gasteiger partial charge in [-0.25, -0.2) is 0 Å². The monoisotopic (exact) mass is 253 g/mol. The van der Waals surface area contributed by atoms with Crippen molar-refractivity contribution >= 4 is 23.4 Å². The Bertz CT molecular complexity index is 398. The third-order valence-electron chi connectivity index (χ3n) is 2.15. The topological polar surface area (TPSA) is 46.2 Å². The smallest absolute Gasteiger partial charge is 0.230 e. The molecule has 1 aromatic carbocycles. The van der Waals surface area contributed by atoms with E-state index in [4.69, 9.17) is 11.6 Å². The predicted molar refractivity (Wildman–Crippen MR) is 67.8 cm³/mol. The lowest BCUT2D eigenvalue weighted by atomic mass is 10.1. The molecule has 0 radical (unpaired) electrons. The lowest BCUT2D eigenvalue weighted by Crippen LogP contribution is -2.32. The van der Waals surface area contributed by atoms with E-state index in [1.807, 2.05) is 13.8 Å². The summed E-state index contributed by atoms with van der Waals surface area (Å²) in [6, 6.07) is 6.99. The third kappa shape index (κ3) is 5.50. The maximum atomic E-state index is 11.5. The van der Waals surface area contributed by atoms with Gasteiger partial charge >= 0.3 is 0 Å². The molecule has 17 heavy (non-hydrogen) atoms. The summed E-state index contributed by atoms with van der Waals surface area (Å²) in [5.41, 5.74) is 0.837. The molecule has 4 heteroatoms. The molecule has 0 aliphatic carbocycles. The van der Waals surface area contributed by atoms with Crippen molar-refractivity contribution in [1.82, 2.24) is 5.32 Å². The van der Waals surface area contributed by atoms with E-state index in [0.29, 0.717) is 11.4 Å². The second-order valence-corrected chi connectivity index (χ2v) is 4.81. The Labute approximate surface area is 106 Å². The molecule has 0 fully saturated rings. The molecule has 92 valence electrons. The molecule has 3 nitrogen and oxygen atoms in total. The van der Waals surface area contributed by atoms with Crippen LogP contribution in [0.3, 0.4) is 0 Å². The first-order valence-corrected chi connectivity index (χ1v) is 5.92. The maximum absolute atomic E-state index is 11.5. The van der Waals surface area contributed by atoms with Crippen LogP contribution in [0.15, 0.2) is 24.3 Å². The lowest BCUT2D eigenvalue weighted by Gasteiger charge is -2.06. The van der Waals surface area contributed by atoms with Gasteiger partial charge in [-0.1, -0.05) is 37.6 Å². The van der Waals surface area contributed by atoms with E-state index in [1.54, 1.807) is 24.3 Å². The molecule has 2 amide bonds. The summed E-state index contributed by atoms with van der Waals surface area (Å²) in [5, 5.41) is 2.99. The highest BCUT2D eigenvalue weighted by Crippen LogP contribution is 2.09. The van der Waals surface area contributed by atoms with Crippen molar-refractivity contribution in [2.24, 2.45) is 5.92 Å². The fraction of sp³-hybridized carbons (Fsp3) is 0.385. The number of amides is 2. The van der Waals surface area contributed by atoms with E-state index in [9.17, 15) is 9.59 Å². The van der Waals surface area contributed by atoms with Crippen LogP contribution < -0.4 is 5.32 Å². The Hall–Kier alpha value is -1.35. The van der Waals surface area contributed by atoms with Gasteiger partial charge in [-0.3, -0.25) is 14.9 Å².